The number of carbonyl (C=O) groups excluding carboxylic acids is 1. The van der Waals surface area contributed by atoms with E-state index in [1.165, 1.54) is 41.7 Å². The van der Waals surface area contributed by atoms with E-state index in [9.17, 15) is 28.1 Å². The van der Waals surface area contributed by atoms with Crippen molar-refractivity contribution in [1.82, 2.24) is 0 Å². The maximum atomic E-state index is 13.3. The molecule has 1 unspecified atom stereocenters. The minimum Gasteiger partial charge on any atom is -0.492 e. The molecule has 0 radical (unpaired) electrons. The van der Waals surface area contributed by atoms with Gasteiger partial charge in [0.05, 0.1) is 45.9 Å². The third-order valence-corrected chi connectivity index (χ3v) is 6.10. The first-order chi connectivity index (χ1) is 15.7. The molecule has 4 rings (SSSR count). The fraction of sp³-hybridized carbons (Fsp3) is 0.182. The summed E-state index contributed by atoms with van der Waals surface area (Å²) in [6.45, 7) is 0.0794. The molecule has 0 saturated carbocycles. The topological polar surface area (TPSA) is 105 Å². The summed E-state index contributed by atoms with van der Waals surface area (Å²) >= 11 is 1.32. The van der Waals surface area contributed by atoms with E-state index >= 15 is 0 Å². The molecule has 0 aliphatic carbocycles. The Hall–Kier alpha value is -3.91. The van der Waals surface area contributed by atoms with Crippen molar-refractivity contribution in [2.24, 2.45) is 5.92 Å². The number of thiophene rings is 1. The molecule has 0 bridgehead atoms. The van der Waals surface area contributed by atoms with Crippen LogP contribution in [0.15, 0.2) is 47.8 Å². The zero-order chi connectivity index (χ0) is 23.8. The fourth-order valence-corrected chi connectivity index (χ4v) is 4.44. The standard InChI is InChI=1S/C22H14F3N3O4S/c23-22(24,25)17-8-14(2-1-12(17)10-26)27-18-5-6-33-20(18)7-13-11-32-19-4-3-15(28(30)31)9-16(19)21(13)29/h1-6,8-9,13,27H,7,11H2. The molecular weight excluding hydrogens is 459 g/mol. The lowest BCUT2D eigenvalue weighted by atomic mass is 9.91. The van der Waals surface area contributed by atoms with Gasteiger partial charge in [-0.3, -0.25) is 14.9 Å². The summed E-state index contributed by atoms with van der Waals surface area (Å²) in [5.41, 5.74) is -0.930. The molecule has 11 heteroatoms. The number of anilines is 2. The molecule has 168 valence electrons. The molecule has 2 aromatic carbocycles. The Morgan fingerprint density at radius 3 is 2.73 bits per heavy atom. The molecular formula is C22H14F3N3O4S. The zero-order valence-corrected chi connectivity index (χ0v) is 17.5. The number of nitrogens with zero attached hydrogens (tertiary/aromatic N) is 2. The zero-order valence-electron chi connectivity index (χ0n) is 16.7. The van der Waals surface area contributed by atoms with Gasteiger partial charge >= 0.3 is 6.18 Å². The van der Waals surface area contributed by atoms with Gasteiger partial charge in [-0.05, 0) is 42.1 Å². The molecule has 3 aromatic rings. The number of nitriles is 1. The number of hydrogen-bond acceptors (Lipinski definition) is 7. The van der Waals surface area contributed by atoms with Crippen molar-refractivity contribution < 1.29 is 27.6 Å². The lowest BCUT2D eigenvalue weighted by Gasteiger charge is -2.24. The highest BCUT2D eigenvalue weighted by Gasteiger charge is 2.34. The molecule has 0 saturated heterocycles. The van der Waals surface area contributed by atoms with Gasteiger partial charge in [-0.15, -0.1) is 11.3 Å². The van der Waals surface area contributed by atoms with Crippen LogP contribution in [-0.4, -0.2) is 17.3 Å². The van der Waals surface area contributed by atoms with Crippen molar-refractivity contribution in [3.8, 4) is 11.8 Å². The molecule has 1 aromatic heterocycles. The van der Waals surface area contributed by atoms with Gasteiger partial charge < -0.3 is 10.1 Å². The maximum Gasteiger partial charge on any atom is 0.417 e. The normalized spacial score (nSPS) is 15.3. The molecule has 33 heavy (non-hydrogen) atoms. The molecule has 0 fully saturated rings. The van der Waals surface area contributed by atoms with Gasteiger partial charge in [0.25, 0.3) is 5.69 Å². The molecule has 0 amide bonds. The van der Waals surface area contributed by atoms with Crippen LogP contribution in [0.3, 0.4) is 0 Å². The Labute approximate surface area is 189 Å². The fourth-order valence-electron chi connectivity index (χ4n) is 3.53. The number of benzene rings is 2. The Morgan fingerprint density at radius 1 is 1.24 bits per heavy atom. The monoisotopic (exact) mass is 473 g/mol. The number of nitro benzene ring substituents is 1. The number of ketones is 1. The largest absolute Gasteiger partial charge is 0.492 e. The number of carbonyl (C=O) groups is 1. The third-order valence-electron chi connectivity index (χ3n) is 5.15. The number of ether oxygens (including phenoxy) is 1. The Bertz CT molecular complexity index is 1300. The highest BCUT2D eigenvalue weighted by Crippen LogP contribution is 2.37. The van der Waals surface area contributed by atoms with Crippen molar-refractivity contribution in [3.05, 3.63) is 79.5 Å². The van der Waals surface area contributed by atoms with E-state index in [-0.39, 0.29) is 41.5 Å². The van der Waals surface area contributed by atoms with Crippen molar-refractivity contribution in [2.45, 2.75) is 12.6 Å². The SMILES string of the molecule is N#Cc1ccc(Nc2ccsc2CC2COc3ccc([N+](=O)[O-])cc3C2=O)cc1C(F)(F)F. The lowest BCUT2D eigenvalue weighted by Crippen LogP contribution is -2.29. The van der Waals surface area contributed by atoms with Gasteiger partial charge in [0.1, 0.15) is 5.75 Å². The predicted molar refractivity (Wildman–Crippen MR) is 114 cm³/mol. The van der Waals surface area contributed by atoms with Crippen LogP contribution in [0.1, 0.15) is 26.4 Å². The van der Waals surface area contributed by atoms with Crippen molar-refractivity contribution in [2.75, 3.05) is 11.9 Å². The summed E-state index contributed by atoms with van der Waals surface area (Å²) in [6, 6.07) is 10.4. The van der Waals surface area contributed by atoms with Gasteiger partial charge in [0, 0.05) is 22.7 Å². The minimum absolute atomic E-state index is 0.0794. The second-order valence-electron chi connectivity index (χ2n) is 7.27. The highest BCUT2D eigenvalue weighted by atomic mass is 32.1. The van der Waals surface area contributed by atoms with Gasteiger partial charge in [0.2, 0.25) is 0 Å². The van der Waals surface area contributed by atoms with Crippen molar-refractivity contribution >= 4 is 34.2 Å². The van der Waals surface area contributed by atoms with Gasteiger partial charge in [0.15, 0.2) is 5.78 Å². The summed E-state index contributed by atoms with van der Waals surface area (Å²) in [5, 5.41) is 24.6. The van der Waals surface area contributed by atoms with E-state index in [1.807, 2.05) is 0 Å². The number of non-ortho nitro benzene ring substituents is 1. The minimum atomic E-state index is -4.68. The van der Waals surface area contributed by atoms with Crippen LogP contribution in [0.5, 0.6) is 5.75 Å². The number of nitrogens with one attached hydrogen (secondary N) is 1. The summed E-state index contributed by atoms with van der Waals surface area (Å²) in [4.78, 5) is 24.1. The van der Waals surface area contributed by atoms with Crippen LogP contribution in [0, 0.1) is 27.4 Å². The molecule has 1 N–H and O–H groups in total. The quantitative estimate of drug-likeness (QED) is 0.375. The molecule has 7 nitrogen and oxygen atoms in total. The first kappa shape index (κ1) is 22.3. The number of halogens is 3. The average Bonchev–Trinajstić information content (AvgIpc) is 3.21. The number of Topliss-reactive ketones (excluding diaryl/α,β-unsaturated/α-hetero) is 1. The Morgan fingerprint density at radius 2 is 2.03 bits per heavy atom. The molecule has 1 aliphatic heterocycles. The highest BCUT2D eigenvalue weighted by molar-refractivity contribution is 7.10. The predicted octanol–water partition coefficient (Wildman–Crippen LogP) is 5.72. The maximum absolute atomic E-state index is 13.3. The van der Waals surface area contributed by atoms with E-state index in [2.05, 4.69) is 5.32 Å². The number of fused-ring (bicyclic) bond motifs is 1. The Balaban J connectivity index is 1.56. The van der Waals surface area contributed by atoms with E-state index in [0.717, 1.165) is 12.1 Å². The molecule has 2 heterocycles. The summed E-state index contributed by atoms with van der Waals surface area (Å²) in [7, 11) is 0. The third kappa shape index (κ3) is 4.51. The van der Waals surface area contributed by atoms with Crippen molar-refractivity contribution in [1.29, 1.82) is 5.26 Å². The van der Waals surface area contributed by atoms with Crippen LogP contribution in [-0.2, 0) is 12.6 Å². The van der Waals surface area contributed by atoms with Gasteiger partial charge in [-0.2, -0.15) is 18.4 Å². The van der Waals surface area contributed by atoms with Gasteiger partial charge in [-0.25, -0.2) is 0 Å². The number of rotatable bonds is 5. The molecule has 1 atom stereocenters. The Kier molecular flexibility index (Phi) is 5.78. The first-order valence-corrected chi connectivity index (χ1v) is 10.5. The van der Waals surface area contributed by atoms with Crippen LogP contribution in [0.4, 0.5) is 30.2 Å². The average molecular weight is 473 g/mol. The summed E-state index contributed by atoms with van der Waals surface area (Å²) in [6.07, 6.45) is -4.44. The van der Waals surface area contributed by atoms with Crippen LogP contribution < -0.4 is 10.1 Å². The molecule has 1 aliphatic rings. The van der Waals surface area contributed by atoms with E-state index in [1.54, 1.807) is 11.4 Å². The first-order valence-electron chi connectivity index (χ1n) is 9.57. The smallest absolute Gasteiger partial charge is 0.417 e. The van der Waals surface area contributed by atoms with Crippen LogP contribution >= 0.6 is 11.3 Å². The summed E-state index contributed by atoms with van der Waals surface area (Å²) in [5.74, 6) is -0.619. The van der Waals surface area contributed by atoms with Gasteiger partial charge in [-0.1, -0.05) is 0 Å². The second-order valence-corrected chi connectivity index (χ2v) is 8.27. The summed E-state index contributed by atoms with van der Waals surface area (Å²) < 4.78 is 45.4. The van der Waals surface area contributed by atoms with Crippen LogP contribution in [0.25, 0.3) is 0 Å². The lowest BCUT2D eigenvalue weighted by molar-refractivity contribution is -0.384. The number of nitro groups is 1. The number of hydrogen-bond donors (Lipinski definition) is 1. The van der Waals surface area contributed by atoms with E-state index < -0.39 is 28.1 Å². The molecule has 0 spiro atoms. The van der Waals surface area contributed by atoms with E-state index in [4.69, 9.17) is 10.00 Å². The second kappa shape index (κ2) is 8.55. The van der Waals surface area contributed by atoms with E-state index in [0.29, 0.717) is 10.6 Å². The van der Waals surface area contributed by atoms with Crippen molar-refractivity contribution in [3.63, 3.8) is 0 Å². The van der Waals surface area contributed by atoms with Crippen LogP contribution in [0.2, 0.25) is 0 Å². The number of alkyl halides is 3.